The minimum Gasteiger partial charge on any atom is -0.497 e. The highest BCUT2D eigenvalue weighted by Crippen LogP contribution is 2.32. The van der Waals surface area contributed by atoms with E-state index in [1.807, 2.05) is 0 Å². The molecule has 1 saturated heterocycles. The molecule has 3 rings (SSSR count). The van der Waals surface area contributed by atoms with Crippen LogP contribution in [0.5, 0.6) is 5.75 Å². The minimum absolute atomic E-state index is 0.239. The van der Waals surface area contributed by atoms with Crippen molar-refractivity contribution in [2.45, 2.75) is 23.1 Å². The summed E-state index contributed by atoms with van der Waals surface area (Å²) in [6, 6.07) is 9.47. The molecule has 9 heteroatoms. The minimum atomic E-state index is -3.67. The molecule has 1 atom stereocenters. The molecule has 1 aromatic carbocycles. The molecule has 0 aliphatic carbocycles. The van der Waals surface area contributed by atoms with Crippen LogP contribution in [-0.2, 0) is 14.8 Å². The molecule has 1 aliphatic rings. The highest BCUT2D eigenvalue weighted by Gasteiger charge is 2.40. The fourth-order valence-electron chi connectivity index (χ4n) is 2.74. The quantitative estimate of drug-likeness (QED) is 0.767. The first-order valence-electron chi connectivity index (χ1n) is 7.64. The van der Waals surface area contributed by atoms with Crippen molar-refractivity contribution in [3.8, 4) is 5.75 Å². The number of thiophene rings is 1. The molecule has 1 amide bonds. The number of hydrogen-bond acceptors (Lipinski definition) is 5. The number of nitrogens with one attached hydrogen (secondary N) is 1. The number of halogens is 1. The van der Waals surface area contributed by atoms with Crippen LogP contribution in [0.25, 0.3) is 0 Å². The molecular weight excluding hydrogens is 428 g/mol. The first kappa shape index (κ1) is 18.4. The summed E-state index contributed by atoms with van der Waals surface area (Å²) in [7, 11) is -2.11. The summed E-state index contributed by atoms with van der Waals surface area (Å²) in [5.41, 5.74) is 0.605. The van der Waals surface area contributed by atoms with Crippen LogP contribution in [0, 0.1) is 0 Å². The average Bonchev–Trinajstić information content (AvgIpc) is 3.25. The third-order valence-corrected chi connectivity index (χ3v) is 7.97. The summed E-state index contributed by atoms with van der Waals surface area (Å²) < 4.78 is 33.0. The highest BCUT2D eigenvalue weighted by atomic mass is 79.9. The third kappa shape index (κ3) is 3.89. The predicted molar refractivity (Wildman–Crippen MR) is 101 cm³/mol. The molecule has 1 fully saturated rings. The van der Waals surface area contributed by atoms with Gasteiger partial charge < -0.3 is 10.1 Å². The van der Waals surface area contributed by atoms with E-state index in [0.717, 1.165) is 15.1 Å². The van der Waals surface area contributed by atoms with Crippen molar-refractivity contribution in [3.63, 3.8) is 0 Å². The number of anilines is 1. The van der Waals surface area contributed by atoms with E-state index in [-0.39, 0.29) is 10.1 Å². The summed E-state index contributed by atoms with van der Waals surface area (Å²) >= 11 is 4.42. The Labute approximate surface area is 159 Å². The Kier molecular flexibility index (Phi) is 5.47. The third-order valence-electron chi connectivity index (χ3n) is 3.98. The molecule has 0 saturated carbocycles. The van der Waals surface area contributed by atoms with Gasteiger partial charge in [0.05, 0.1) is 10.9 Å². The zero-order valence-corrected chi connectivity index (χ0v) is 16.7. The summed E-state index contributed by atoms with van der Waals surface area (Å²) in [5.74, 6) is 0.369. The molecule has 1 unspecified atom stereocenters. The van der Waals surface area contributed by atoms with Crippen LogP contribution < -0.4 is 10.1 Å². The van der Waals surface area contributed by atoms with Gasteiger partial charge in [0, 0.05) is 12.2 Å². The van der Waals surface area contributed by atoms with E-state index < -0.39 is 16.1 Å². The molecule has 25 heavy (non-hydrogen) atoms. The van der Waals surface area contributed by atoms with Crippen LogP contribution in [0.15, 0.2) is 44.4 Å². The molecule has 2 aromatic rings. The molecule has 1 aliphatic heterocycles. The number of amides is 1. The van der Waals surface area contributed by atoms with Gasteiger partial charge in [0.2, 0.25) is 5.91 Å². The largest absolute Gasteiger partial charge is 0.497 e. The molecule has 1 aromatic heterocycles. The molecule has 1 N–H and O–H groups in total. The van der Waals surface area contributed by atoms with Gasteiger partial charge in [-0.1, -0.05) is 0 Å². The predicted octanol–water partition coefficient (Wildman–Crippen LogP) is 3.31. The maximum absolute atomic E-state index is 12.8. The number of rotatable bonds is 5. The zero-order valence-electron chi connectivity index (χ0n) is 13.4. The van der Waals surface area contributed by atoms with Gasteiger partial charge in [-0.3, -0.25) is 4.79 Å². The summed E-state index contributed by atoms with van der Waals surface area (Å²) in [4.78, 5) is 12.6. The monoisotopic (exact) mass is 444 g/mol. The smallest absolute Gasteiger partial charge is 0.253 e. The molecule has 134 valence electrons. The summed E-state index contributed by atoms with van der Waals surface area (Å²) in [6.45, 7) is 0.346. The topological polar surface area (TPSA) is 75.7 Å². The molecule has 0 radical (unpaired) electrons. The lowest BCUT2D eigenvalue weighted by molar-refractivity contribution is -0.119. The van der Waals surface area contributed by atoms with Crippen LogP contribution in [0.3, 0.4) is 0 Å². The molecule has 0 bridgehead atoms. The number of carbonyl (C=O) groups excluding carboxylic acids is 1. The van der Waals surface area contributed by atoms with Gasteiger partial charge in [0.15, 0.2) is 0 Å². The van der Waals surface area contributed by atoms with Crippen molar-refractivity contribution in [2.75, 3.05) is 19.0 Å². The van der Waals surface area contributed by atoms with E-state index in [1.165, 1.54) is 4.31 Å². The Hall–Kier alpha value is -1.42. The van der Waals surface area contributed by atoms with Crippen LogP contribution in [0.2, 0.25) is 0 Å². The van der Waals surface area contributed by atoms with Gasteiger partial charge in [0.1, 0.15) is 16.0 Å². The number of benzene rings is 1. The average molecular weight is 445 g/mol. The summed E-state index contributed by atoms with van der Waals surface area (Å²) in [6.07, 6.45) is 1.17. The van der Waals surface area contributed by atoms with Gasteiger partial charge in [-0.15, -0.1) is 11.3 Å². The van der Waals surface area contributed by atoms with E-state index in [0.29, 0.717) is 30.8 Å². The normalized spacial score (nSPS) is 18.2. The van der Waals surface area contributed by atoms with E-state index in [9.17, 15) is 13.2 Å². The SMILES string of the molecule is COc1ccc(NC(=O)C2CCCN2S(=O)(=O)c2ccc(Br)s2)cc1. The Morgan fingerprint density at radius 3 is 2.60 bits per heavy atom. The zero-order chi connectivity index (χ0) is 18.0. The second-order valence-corrected chi connectivity index (χ2v) is 10.1. The lowest BCUT2D eigenvalue weighted by Crippen LogP contribution is -2.42. The summed E-state index contributed by atoms with van der Waals surface area (Å²) in [5, 5.41) is 2.79. The van der Waals surface area contributed by atoms with Crippen molar-refractivity contribution in [1.29, 1.82) is 0 Å². The number of carbonyl (C=O) groups is 1. The maximum Gasteiger partial charge on any atom is 0.253 e. The number of ether oxygens (including phenoxy) is 1. The highest BCUT2D eigenvalue weighted by molar-refractivity contribution is 9.11. The number of nitrogens with zero attached hydrogens (tertiary/aromatic N) is 1. The first-order valence-corrected chi connectivity index (χ1v) is 10.7. The van der Waals surface area contributed by atoms with E-state index in [2.05, 4.69) is 21.2 Å². The van der Waals surface area contributed by atoms with Gasteiger partial charge in [0.25, 0.3) is 10.0 Å². The Morgan fingerprint density at radius 2 is 2.00 bits per heavy atom. The number of methoxy groups -OCH3 is 1. The van der Waals surface area contributed by atoms with Crippen molar-refractivity contribution < 1.29 is 17.9 Å². The maximum atomic E-state index is 12.8. The van der Waals surface area contributed by atoms with E-state index in [1.54, 1.807) is 43.5 Å². The standard InChI is InChI=1S/C16H17BrN2O4S2/c1-23-12-6-4-11(5-7-12)18-16(20)13-3-2-10-19(13)25(21,22)15-9-8-14(17)24-15/h4-9,13H,2-3,10H2,1H3,(H,18,20). The van der Waals surface area contributed by atoms with Crippen LogP contribution in [-0.4, -0.2) is 38.3 Å². The Morgan fingerprint density at radius 1 is 1.28 bits per heavy atom. The van der Waals surface area contributed by atoms with Crippen LogP contribution in [0.1, 0.15) is 12.8 Å². The van der Waals surface area contributed by atoms with Gasteiger partial charge in [-0.05, 0) is 65.2 Å². The van der Waals surface area contributed by atoms with Crippen LogP contribution in [0.4, 0.5) is 5.69 Å². The second kappa shape index (κ2) is 7.45. The number of sulfonamides is 1. The fourth-order valence-corrected chi connectivity index (χ4v) is 6.54. The first-order chi connectivity index (χ1) is 11.9. The Balaban J connectivity index is 1.77. The lowest BCUT2D eigenvalue weighted by Gasteiger charge is -2.22. The van der Waals surface area contributed by atoms with E-state index in [4.69, 9.17) is 4.74 Å². The molecule has 6 nitrogen and oxygen atoms in total. The molecule has 0 spiro atoms. The van der Waals surface area contributed by atoms with Crippen molar-refractivity contribution in [1.82, 2.24) is 4.31 Å². The van der Waals surface area contributed by atoms with Crippen molar-refractivity contribution >= 4 is 48.9 Å². The van der Waals surface area contributed by atoms with Gasteiger partial charge in [-0.2, -0.15) is 4.31 Å². The van der Waals surface area contributed by atoms with Gasteiger partial charge >= 0.3 is 0 Å². The van der Waals surface area contributed by atoms with Crippen LogP contribution >= 0.6 is 27.3 Å². The molecule has 2 heterocycles. The second-order valence-electron chi connectivity index (χ2n) is 5.55. The fraction of sp³-hybridized carbons (Fsp3) is 0.312. The van der Waals surface area contributed by atoms with Crippen molar-refractivity contribution in [2.24, 2.45) is 0 Å². The van der Waals surface area contributed by atoms with E-state index >= 15 is 0 Å². The number of hydrogen-bond donors (Lipinski definition) is 1. The van der Waals surface area contributed by atoms with Crippen molar-refractivity contribution in [3.05, 3.63) is 40.2 Å². The van der Waals surface area contributed by atoms with Gasteiger partial charge in [-0.25, -0.2) is 8.42 Å². The lowest BCUT2D eigenvalue weighted by atomic mass is 10.2. The Bertz CT molecular complexity index is 865. The molecular formula is C16H17BrN2O4S2.